The molecule has 0 heterocycles. The summed E-state index contributed by atoms with van der Waals surface area (Å²) in [5.41, 5.74) is -0.0988. The van der Waals surface area contributed by atoms with Crippen LogP contribution in [0.15, 0.2) is 50.2 Å². The fourth-order valence-electron chi connectivity index (χ4n) is 1.47. The second-order valence-corrected chi connectivity index (χ2v) is 7.26. The Morgan fingerprint density at radius 2 is 1.80 bits per heavy atom. The average molecular weight is 425 g/mol. The highest BCUT2D eigenvalue weighted by molar-refractivity contribution is 9.11. The number of rotatable bonds is 3. The zero-order valence-corrected chi connectivity index (χ0v) is 13.8. The van der Waals surface area contributed by atoms with E-state index in [1.165, 1.54) is 6.07 Å². The molecule has 0 aromatic heterocycles. The third-order valence-corrected chi connectivity index (χ3v) is 5.24. The molecule has 0 atom stereocenters. The maximum atomic E-state index is 12.9. The van der Waals surface area contributed by atoms with Gasteiger partial charge < -0.3 is 5.11 Å². The van der Waals surface area contributed by atoms with E-state index < -0.39 is 21.6 Å². The smallest absolute Gasteiger partial charge is 0.263 e. The van der Waals surface area contributed by atoms with E-state index in [-0.39, 0.29) is 10.6 Å². The van der Waals surface area contributed by atoms with Crippen LogP contribution in [-0.2, 0) is 10.0 Å². The Bertz CT molecular complexity index is 765. The molecule has 0 saturated heterocycles. The molecular weight excluding hydrogens is 417 g/mol. The van der Waals surface area contributed by atoms with Crippen LogP contribution >= 0.6 is 31.9 Å². The molecule has 0 fully saturated rings. The molecule has 0 saturated carbocycles. The summed E-state index contributed by atoms with van der Waals surface area (Å²) >= 11 is 6.33. The molecule has 0 spiro atoms. The lowest BCUT2D eigenvalue weighted by Gasteiger charge is -2.11. The summed E-state index contributed by atoms with van der Waals surface area (Å²) in [4.78, 5) is -0.00407. The van der Waals surface area contributed by atoms with Crippen LogP contribution in [0.4, 0.5) is 10.1 Å². The van der Waals surface area contributed by atoms with Gasteiger partial charge in [0, 0.05) is 15.0 Å². The van der Waals surface area contributed by atoms with Gasteiger partial charge in [-0.15, -0.1) is 0 Å². The maximum Gasteiger partial charge on any atom is 0.263 e. The average Bonchev–Trinajstić information content (AvgIpc) is 2.35. The van der Waals surface area contributed by atoms with E-state index in [0.29, 0.717) is 8.95 Å². The maximum absolute atomic E-state index is 12.9. The van der Waals surface area contributed by atoms with Gasteiger partial charge in [-0.05, 0) is 46.3 Å². The quantitative estimate of drug-likeness (QED) is 0.735. The number of phenols is 1. The summed E-state index contributed by atoms with van der Waals surface area (Å²) in [5, 5.41) is 9.54. The fourth-order valence-corrected chi connectivity index (χ4v) is 4.05. The van der Waals surface area contributed by atoms with E-state index in [1.807, 2.05) is 0 Å². The standard InChI is InChI=1S/C12H8Br2FNO3S/c13-7-1-3-9(14)12(5-7)20(18,19)16-10-4-2-8(15)6-11(10)17/h1-6,16-17H. The first-order valence-electron chi connectivity index (χ1n) is 5.26. The number of benzene rings is 2. The van der Waals surface area contributed by atoms with Gasteiger partial charge in [-0.25, -0.2) is 12.8 Å². The highest BCUT2D eigenvalue weighted by Crippen LogP contribution is 2.30. The number of aromatic hydroxyl groups is 1. The van der Waals surface area contributed by atoms with Crippen molar-refractivity contribution >= 4 is 47.6 Å². The Morgan fingerprint density at radius 3 is 2.45 bits per heavy atom. The van der Waals surface area contributed by atoms with Crippen molar-refractivity contribution in [2.24, 2.45) is 0 Å². The Labute approximate surface area is 131 Å². The van der Waals surface area contributed by atoms with E-state index in [4.69, 9.17) is 0 Å². The van der Waals surface area contributed by atoms with Crippen LogP contribution in [0.1, 0.15) is 0 Å². The van der Waals surface area contributed by atoms with Crippen LogP contribution in [-0.4, -0.2) is 13.5 Å². The Morgan fingerprint density at radius 1 is 1.10 bits per heavy atom. The number of sulfonamides is 1. The molecule has 106 valence electrons. The van der Waals surface area contributed by atoms with E-state index >= 15 is 0 Å². The van der Waals surface area contributed by atoms with Gasteiger partial charge in [0.25, 0.3) is 10.0 Å². The molecule has 4 nitrogen and oxygen atoms in total. The second kappa shape index (κ2) is 5.71. The predicted molar refractivity (Wildman–Crippen MR) is 80.7 cm³/mol. The van der Waals surface area contributed by atoms with E-state index in [1.54, 1.807) is 12.1 Å². The van der Waals surface area contributed by atoms with Crippen molar-refractivity contribution in [1.82, 2.24) is 0 Å². The van der Waals surface area contributed by atoms with Gasteiger partial charge in [-0.1, -0.05) is 15.9 Å². The molecule has 2 aromatic carbocycles. The van der Waals surface area contributed by atoms with Gasteiger partial charge >= 0.3 is 0 Å². The minimum absolute atomic E-state index is 0.00407. The van der Waals surface area contributed by atoms with E-state index in [2.05, 4.69) is 36.6 Å². The number of anilines is 1. The molecule has 0 amide bonds. The first-order chi connectivity index (χ1) is 9.29. The SMILES string of the molecule is O=S(=O)(Nc1ccc(F)cc1O)c1cc(Br)ccc1Br. The predicted octanol–water partition coefficient (Wildman–Crippen LogP) is 3.86. The fraction of sp³-hybridized carbons (Fsp3) is 0. The van der Waals surface area contributed by atoms with Gasteiger partial charge in [0.1, 0.15) is 16.5 Å². The monoisotopic (exact) mass is 423 g/mol. The Kier molecular flexibility index (Phi) is 4.36. The normalized spacial score (nSPS) is 11.3. The third kappa shape index (κ3) is 3.31. The number of nitrogens with one attached hydrogen (secondary N) is 1. The topological polar surface area (TPSA) is 66.4 Å². The number of hydrogen-bond acceptors (Lipinski definition) is 3. The highest BCUT2D eigenvalue weighted by Gasteiger charge is 2.19. The third-order valence-electron chi connectivity index (χ3n) is 2.39. The molecule has 2 rings (SSSR count). The zero-order valence-electron chi connectivity index (χ0n) is 9.77. The lowest BCUT2D eigenvalue weighted by atomic mass is 10.3. The van der Waals surface area contributed by atoms with E-state index in [9.17, 15) is 17.9 Å². The minimum atomic E-state index is -3.91. The number of hydrogen-bond donors (Lipinski definition) is 2. The zero-order chi connectivity index (χ0) is 14.9. The van der Waals surface area contributed by atoms with Crippen LogP contribution in [0.2, 0.25) is 0 Å². The number of phenolic OH excluding ortho intramolecular Hbond substituents is 1. The van der Waals surface area contributed by atoms with Gasteiger partial charge in [-0.3, -0.25) is 4.72 Å². The van der Waals surface area contributed by atoms with Crippen molar-refractivity contribution in [1.29, 1.82) is 0 Å². The Hall–Kier alpha value is -1.12. The van der Waals surface area contributed by atoms with Gasteiger partial charge in [0.15, 0.2) is 0 Å². The molecule has 0 unspecified atom stereocenters. The molecule has 20 heavy (non-hydrogen) atoms. The van der Waals surface area contributed by atoms with Gasteiger partial charge in [0.05, 0.1) is 5.69 Å². The second-order valence-electron chi connectivity index (χ2n) is 3.84. The molecule has 0 aliphatic carbocycles. The molecule has 2 N–H and O–H groups in total. The van der Waals surface area contributed by atoms with Crippen LogP contribution in [0.3, 0.4) is 0 Å². The lowest BCUT2D eigenvalue weighted by Crippen LogP contribution is -2.13. The van der Waals surface area contributed by atoms with Crippen LogP contribution in [0.5, 0.6) is 5.75 Å². The molecule has 8 heteroatoms. The Balaban J connectivity index is 2.43. The number of halogens is 3. The summed E-state index contributed by atoms with van der Waals surface area (Å²) in [7, 11) is -3.91. The van der Waals surface area contributed by atoms with E-state index in [0.717, 1.165) is 18.2 Å². The van der Waals surface area contributed by atoms with Crippen LogP contribution in [0, 0.1) is 5.82 Å². The summed E-state index contributed by atoms with van der Waals surface area (Å²) in [6.07, 6.45) is 0. The first kappa shape index (κ1) is 15.3. The van der Waals surface area contributed by atoms with Crippen LogP contribution < -0.4 is 4.72 Å². The first-order valence-corrected chi connectivity index (χ1v) is 8.33. The van der Waals surface area contributed by atoms with Crippen LogP contribution in [0.25, 0.3) is 0 Å². The summed E-state index contributed by atoms with van der Waals surface area (Å²) in [6, 6.07) is 7.68. The summed E-state index contributed by atoms with van der Waals surface area (Å²) in [5.74, 6) is -1.14. The molecular formula is C12H8Br2FNO3S. The molecule has 0 bridgehead atoms. The summed E-state index contributed by atoms with van der Waals surface area (Å²) in [6.45, 7) is 0. The van der Waals surface area contributed by atoms with Crippen molar-refractivity contribution < 1.29 is 17.9 Å². The van der Waals surface area contributed by atoms with Crippen molar-refractivity contribution in [3.8, 4) is 5.75 Å². The largest absolute Gasteiger partial charge is 0.506 e. The minimum Gasteiger partial charge on any atom is -0.506 e. The molecule has 0 aliphatic rings. The van der Waals surface area contributed by atoms with Gasteiger partial charge in [0.2, 0.25) is 0 Å². The van der Waals surface area contributed by atoms with Crippen molar-refractivity contribution in [3.63, 3.8) is 0 Å². The highest BCUT2D eigenvalue weighted by atomic mass is 79.9. The van der Waals surface area contributed by atoms with Crippen molar-refractivity contribution in [3.05, 3.63) is 51.2 Å². The lowest BCUT2D eigenvalue weighted by molar-refractivity contribution is 0.471. The van der Waals surface area contributed by atoms with Gasteiger partial charge in [-0.2, -0.15) is 0 Å². The summed E-state index contributed by atoms with van der Waals surface area (Å²) < 4.78 is 40.5. The van der Waals surface area contributed by atoms with Crippen molar-refractivity contribution in [2.45, 2.75) is 4.90 Å². The van der Waals surface area contributed by atoms with Crippen molar-refractivity contribution in [2.75, 3.05) is 4.72 Å². The molecule has 2 aromatic rings. The molecule has 0 aliphatic heterocycles. The molecule has 0 radical (unpaired) electrons.